The molecule has 0 saturated carbocycles. The van der Waals surface area contributed by atoms with Crippen LogP contribution in [0.15, 0.2) is 64.2 Å². The SMILES string of the molecule is O=S(=O)(NCc1ccccc1-c1ccsc1)c1c(Cl)cccc1Cl. The van der Waals surface area contributed by atoms with Gasteiger partial charge in [-0.05, 0) is 45.6 Å². The van der Waals surface area contributed by atoms with Gasteiger partial charge in [-0.1, -0.05) is 53.5 Å². The molecule has 0 aliphatic carbocycles. The van der Waals surface area contributed by atoms with Gasteiger partial charge in [-0.3, -0.25) is 0 Å². The number of hydrogen-bond donors (Lipinski definition) is 1. The smallest absolute Gasteiger partial charge is 0.207 e. The molecule has 0 aliphatic heterocycles. The van der Waals surface area contributed by atoms with Crippen LogP contribution in [0.5, 0.6) is 0 Å². The van der Waals surface area contributed by atoms with Crippen molar-refractivity contribution in [1.29, 1.82) is 0 Å². The van der Waals surface area contributed by atoms with Crippen LogP contribution in [0.1, 0.15) is 5.56 Å². The monoisotopic (exact) mass is 397 g/mol. The standard InChI is InChI=1S/C17H13Cl2NO2S2/c18-15-6-3-7-16(19)17(15)24(21,22)20-10-12-4-1-2-5-14(12)13-8-9-23-11-13/h1-9,11,20H,10H2. The van der Waals surface area contributed by atoms with Crippen LogP contribution in [0.25, 0.3) is 11.1 Å². The fourth-order valence-corrected chi connectivity index (χ4v) is 5.16. The van der Waals surface area contributed by atoms with Crippen molar-refractivity contribution in [3.63, 3.8) is 0 Å². The molecular weight excluding hydrogens is 385 g/mol. The summed E-state index contributed by atoms with van der Waals surface area (Å²) in [5, 5.41) is 4.21. The normalized spacial score (nSPS) is 11.6. The summed E-state index contributed by atoms with van der Waals surface area (Å²) in [5.41, 5.74) is 2.93. The lowest BCUT2D eigenvalue weighted by molar-refractivity contribution is 0.581. The van der Waals surface area contributed by atoms with Crippen molar-refractivity contribution in [2.24, 2.45) is 0 Å². The third-order valence-corrected chi connectivity index (χ3v) is 6.53. The summed E-state index contributed by atoms with van der Waals surface area (Å²) in [4.78, 5) is -0.0960. The highest BCUT2D eigenvalue weighted by molar-refractivity contribution is 7.89. The maximum Gasteiger partial charge on any atom is 0.243 e. The summed E-state index contributed by atoms with van der Waals surface area (Å²) in [7, 11) is -3.82. The zero-order valence-electron chi connectivity index (χ0n) is 12.4. The highest BCUT2D eigenvalue weighted by Crippen LogP contribution is 2.30. The average molecular weight is 398 g/mol. The highest BCUT2D eigenvalue weighted by atomic mass is 35.5. The Morgan fingerprint density at radius 2 is 1.67 bits per heavy atom. The molecule has 0 unspecified atom stereocenters. The van der Waals surface area contributed by atoms with E-state index in [-0.39, 0.29) is 21.5 Å². The first kappa shape index (κ1) is 17.5. The van der Waals surface area contributed by atoms with E-state index in [1.165, 1.54) is 12.1 Å². The molecule has 0 amide bonds. The minimum atomic E-state index is -3.82. The fourth-order valence-electron chi connectivity index (χ4n) is 2.36. The number of rotatable bonds is 5. The summed E-state index contributed by atoms with van der Waals surface area (Å²) < 4.78 is 27.7. The van der Waals surface area contributed by atoms with E-state index in [2.05, 4.69) is 4.72 Å². The molecule has 24 heavy (non-hydrogen) atoms. The molecule has 3 nitrogen and oxygen atoms in total. The van der Waals surface area contributed by atoms with E-state index in [0.29, 0.717) is 0 Å². The lowest BCUT2D eigenvalue weighted by atomic mass is 10.0. The van der Waals surface area contributed by atoms with Gasteiger partial charge in [0.25, 0.3) is 0 Å². The Kier molecular flexibility index (Phi) is 5.27. The number of sulfonamides is 1. The lowest BCUT2D eigenvalue weighted by Gasteiger charge is -2.12. The maximum atomic E-state index is 12.6. The van der Waals surface area contributed by atoms with Crippen LogP contribution < -0.4 is 4.72 Å². The third kappa shape index (κ3) is 3.66. The molecule has 0 radical (unpaired) electrons. The lowest BCUT2D eigenvalue weighted by Crippen LogP contribution is -2.24. The van der Waals surface area contributed by atoms with Crippen molar-refractivity contribution in [3.05, 3.63) is 74.9 Å². The van der Waals surface area contributed by atoms with Crippen molar-refractivity contribution in [3.8, 4) is 11.1 Å². The second-order valence-corrected chi connectivity index (χ2v) is 8.34. The van der Waals surface area contributed by atoms with Crippen LogP contribution in [0, 0.1) is 0 Å². The van der Waals surface area contributed by atoms with Gasteiger partial charge in [0, 0.05) is 6.54 Å². The van der Waals surface area contributed by atoms with E-state index in [1.54, 1.807) is 17.4 Å². The Balaban J connectivity index is 1.89. The van der Waals surface area contributed by atoms with Crippen LogP contribution in [-0.2, 0) is 16.6 Å². The molecule has 0 aliphatic rings. The van der Waals surface area contributed by atoms with Crippen molar-refractivity contribution in [2.45, 2.75) is 11.4 Å². The van der Waals surface area contributed by atoms with E-state index < -0.39 is 10.0 Å². The molecular formula is C17H13Cl2NO2S2. The summed E-state index contributed by atoms with van der Waals surface area (Å²) in [6.07, 6.45) is 0. The molecule has 1 aromatic heterocycles. The van der Waals surface area contributed by atoms with E-state index >= 15 is 0 Å². The van der Waals surface area contributed by atoms with Crippen LogP contribution >= 0.6 is 34.5 Å². The summed E-state index contributed by atoms with van der Waals surface area (Å²) in [6.45, 7) is 0.149. The molecule has 0 bridgehead atoms. The zero-order valence-corrected chi connectivity index (χ0v) is 15.5. The summed E-state index contributed by atoms with van der Waals surface area (Å²) in [5.74, 6) is 0. The van der Waals surface area contributed by atoms with Gasteiger partial charge >= 0.3 is 0 Å². The average Bonchev–Trinajstić information content (AvgIpc) is 3.07. The first-order valence-corrected chi connectivity index (χ1v) is 10.2. The van der Waals surface area contributed by atoms with Crippen molar-refractivity contribution < 1.29 is 8.42 Å². The first-order valence-electron chi connectivity index (χ1n) is 7.03. The largest absolute Gasteiger partial charge is 0.243 e. The Hall–Kier alpha value is -1.37. The van der Waals surface area contributed by atoms with Crippen LogP contribution in [0.4, 0.5) is 0 Å². The Morgan fingerprint density at radius 3 is 2.33 bits per heavy atom. The summed E-state index contributed by atoms with van der Waals surface area (Å²) >= 11 is 13.6. The molecule has 3 aromatic rings. The summed E-state index contributed by atoms with van der Waals surface area (Å²) in [6, 6.07) is 14.3. The van der Waals surface area contributed by atoms with E-state index in [0.717, 1.165) is 16.7 Å². The number of benzene rings is 2. The molecule has 0 saturated heterocycles. The molecule has 1 heterocycles. The van der Waals surface area contributed by atoms with E-state index in [9.17, 15) is 8.42 Å². The van der Waals surface area contributed by atoms with E-state index in [1.807, 2.05) is 41.1 Å². The predicted octanol–water partition coefficient (Wildman–Crippen LogP) is 5.20. The molecule has 1 N–H and O–H groups in total. The van der Waals surface area contributed by atoms with Gasteiger partial charge in [-0.25, -0.2) is 13.1 Å². The molecule has 0 atom stereocenters. The van der Waals surface area contributed by atoms with Crippen LogP contribution in [-0.4, -0.2) is 8.42 Å². The fraction of sp³-hybridized carbons (Fsp3) is 0.0588. The van der Waals surface area contributed by atoms with Gasteiger partial charge in [0.05, 0.1) is 10.0 Å². The third-order valence-electron chi connectivity index (χ3n) is 3.49. The quantitative estimate of drug-likeness (QED) is 0.642. The first-order chi connectivity index (χ1) is 11.5. The number of hydrogen-bond acceptors (Lipinski definition) is 3. The molecule has 2 aromatic carbocycles. The molecule has 124 valence electrons. The van der Waals surface area contributed by atoms with Gasteiger partial charge in [-0.2, -0.15) is 11.3 Å². The van der Waals surface area contributed by atoms with Crippen molar-refractivity contribution in [2.75, 3.05) is 0 Å². The van der Waals surface area contributed by atoms with Gasteiger partial charge in [0.1, 0.15) is 4.90 Å². The van der Waals surface area contributed by atoms with Crippen LogP contribution in [0.3, 0.4) is 0 Å². The number of thiophene rings is 1. The molecule has 0 fully saturated rings. The minimum absolute atomic E-state index is 0.0960. The van der Waals surface area contributed by atoms with Crippen LogP contribution in [0.2, 0.25) is 10.0 Å². The maximum absolute atomic E-state index is 12.6. The molecule has 3 rings (SSSR count). The van der Waals surface area contributed by atoms with Gasteiger partial charge < -0.3 is 0 Å². The Labute approximate surface area is 154 Å². The van der Waals surface area contributed by atoms with Gasteiger partial charge in [0.2, 0.25) is 10.0 Å². The number of halogens is 2. The van der Waals surface area contributed by atoms with Gasteiger partial charge in [0.15, 0.2) is 0 Å². The molecule has 0 spiro atoms. The minimum Gasteiger partial charge on any atom is -0.207 e. The molecule has 7 heteroatoms. The predicted molar refractivity (Wildman–Crippen MR) is 100 cm³/mol. The zero-order chi connectivity index (χ0) is 17.2. The topological polar surface area (TPSA) is 46.2 Å². The van der Waals surface area contributed by atoms with Crippen molar-refractivity contribution >= 4 is 44.6 Å². The number of nitrogens with one attached hydrogen (secondary N) is 1. The van der Waals surface area contributed by atoms with E-state index in [4.69, 9.17) is 23.2 Å². The van der Waals surface area contributed by atoms with Crippen molar-refractivity contribution in [1.82, 2.24) is 4.72 Å². The second kappa shape index (κ2) is 7.25. The Bertz CT molecular complexity index is 934. The van der Waals surface area contributed by atoms with Gasteiger partial charge in [-0.15, -0.1) is 0 Å². The second-order valence-electron chi connectivity index (χ2n) is 5.04. The highest BCUT2D eigenvalue weighted by Gasteiger charge is 2.21. The Morgan fingerprint density at radius 1 is 0.958 bits per heavy atom.